The van der Waals surface area contributed by atoms with Gasteiger partial charge in [0.1, 0.15) is 0 Å². The van der Waals surface area contributed by atoms with Gasteiger partial charge in [-0.15, -0.1) is 0 Å². The second-order valence-corrected chi connectivity index (χ2v) is 7.97. The zero-order chi connectivity index (χ0) is 21.5. The number of hydrogen-bond donors (Lipinski definition) is 3. The van der Waals surface area contributed by atoms with Crippen LogP contribution in [0.1, 0.15) is 42.6 Å². The smallest absolute Gasteiger partial charge is 0.387 e. The summed E-state index contributed by atoms with van der Waals surface area (Å²) in [5.41, 5.74) is 1.94. The second kappa shape index (κ2) is 7.92. The molecule has 0 amide bonds. The van der Waals surface area contributed by atoms with Gasteiger partial charge in [-0.05, 0) is 43.9 Å². The van der Waals surface area contributed by atoms with Crippen molar-refractivity contribution in [3.63, 3.8) is 0 Å². The number of aromatic nitrogens is 2. The molecular weight excluding hydrogens is 395 g/mol. The number of imidazole rings is 1. The molecule has 160 valence electrons. The Bertz CT molecular complexity index is 1100. The largest absolute Gasteiger partial charge is 0.416 e. The molecule has 0 spiro atoms. The van der Waals surface area contributed by atoms with Crippen LogP contribution in [0.5, 0.6) is 0 Å². The average Bonchev–Trinajstić information content (AvgIpc) is 2.95. The molecule has 4 rings (SSSR count). The standard InChI is InChI=1S/C22H24F3N3O2/c1-13(8-9-14-4-2-5-15(12-14)22(23,24)25)26-18-10-11-28-19-16(20(18)29)6-3-7-17(19)27-21(28)30/h2-7,12-13,18,20,26,29H,8-11H2,1H3,(H,27,30). The SMILES string of the molecule is CC(CCc1cccc(C(F)(F)F)c1)NC1CCn2c(=O)[nH]c3cccc(c32)C1O. The number of aryl methyl sites for hydroxylation is 2. The highest BCUT2D eigenvalue weighted by molar-refractivity contribution is 5.79. The quantitative estimate of drug-likeness (QED) is 0.590. The van der Waals surface area contributed by atoms with Crippen molar-refractivity contribution in [2.45, 2.75) is 57.1 Å². The zero-order valence-corrected chi connectivity index (χ0v) is 16.5. The van der Waals surface area contributed by atoms with Crippen LogP contribution in [0, 0.1) is 0 Å². The van der Waals surface area contributed by atoms with Crippen LogP contribution in [-0.4, -0.2) is 26.7 Å². The fourth-order valence-electron chi connectivity index (χ4n) is 4.25. The fourth-order valence-corrected chi connectivity index (χ4v) is 4.25. The number of aliphatic hydroxyl groups is 1. The molecule has 0 saturated carbocycles. The van der Waals surface area contributed by atoms with Crippen molar-refractivity contribution in [2.24, 2.45) is 0 Å². The summed E-state index contributed by atoms with van der Waals surface area (Å²) >= 11 is 0. The van der Waals surface area contributed by atoms with Gasteiger partial charge in [-0.2, -0.15) is 13.2 Å². The van der Waals surface area contributed by atoms with Crippen LogP contribution in [0.3, 0.4) is 0 Å². The molecule has 3 atom stereocenters. The number of para-hydroxylation sites is 1. The van der Waals surface area contributed by atoms with E-state index in [4.69, 9.17) is 0 Å². The first-order chi connectivity index (χ1) is 14.2. The van der Waals surface area contributed by atoms with Crippen molar-refractivity contribution in [3.8, 4) is 0 Å². The van der Waals surface area contributed by atoms with Gasteiger partial charge in [0, 0.05) is 24.2 Å². The number of benzene rings is 2. The van der Waals surface area contributed by atoms with Gasteiger partial charge < -0.3 is 15.4 Å². The van der Waals surface area contributed by atoms with Crippen LogP contribution in [-0.2, 0) is 19.1 Å². The van der Waals surface area contributed by atoms with E-state index in [1.165, 1.54) is 12.1 Å². The number of nitrogens with zero attached hydrogens (tertiary/aromatic N) is 1. The lowest BCUT2D eigenvalue weighted by atomic mass is 9.98. The monoisotopic (exact) mass is 419 g/mol. The molecule has 5 nitrogen and oxygen atoms in total. The Hall–Kier alpha value is -2.58. The van der Waals surface area contributed by atoms with Crippen molar-refractivity contribution in [2.75, 3.05) is 0 Å². The molecule has 2 aromatic carbocycles. The normalized spacial score (nSPS) is 20.3. The van der Waals surface area contributed by atoms with Gasteiger partial charge >= 0.3 is 11.9 Å². The van der Waals surface area contributed by atoms with E-state index in [1.807, 2.05) is 19.1 Å². The van der Waals surface area contributed by atoms with E-state index >= 15 is 0 Å². The Morgan fingerprint density at radius 3 is 2.80 bits per heavy atom. The van der Waals surface area contributed by atoms with Crippen LogP contribution in [0.2, 0.25) is 0 Å². The Labute approximate surface area is 171 Å². The highest BCUT2D eigenvalue weighted by atomic mass is 19.4. The minimum Gasteiger partial charge on any atom is -0.387 e. The molecule has 3 unspecified atom stereocenters. The van der Waals surface area contributed by atoms with Crippen LogP contribution in [0.15, 0.2) is 47.3 Å². The highest BCUT2D eigenvalue weighted by Crippen LogP contribution is 2.31. The summed E-state index contributed by atoms with van der Waals surface area (Å²) in [6.45, 7) is 2.43. The van der Waals surface area contributed by atoms with E-state index in [-0.39, 0.29) is 17.8 Å². The summed E-state index contributed by atoms with van der Waals surface area (Å²) < 4.78 is 40.4. The summed E-state index contributed by atoms with van der Waals surface area (Å²) in [7, 11) is 0. The van der Waals surface area contributed by atoms with Gasteiger partial charge in [-0.1, -0.05) is 30.3 Å². The number of hydrogen-bond acceptors (Lipinski definition) is 3. The first kappa shape index (κ1) is 20.7. The summed E-state index contributed by atoms with van der Waals surface area (Å²) in [6, 6.07) is 10.6. The molecule has 0 aliphatic carbocycles. The lowest BCUT2D eigenvalue weighted by molar-refractivity contribution is -0.137. The molecule has 8 heteroatoms. The predicted octanol–water partition coefficient (Wildman–Crippen LogP) is 3.77. The maximum absolute atomic E-state index is 12.9. The van der Waals surface area contributed by atoms with E-state index in [1.54, 1.807) is 16.7 Å². The Morgan fingerprint density at radius 2 is 2.03 bits per heavy atom. The molecule has 2 heterocycles. The summed E-state index contributed by atoms with van der Waals surface area (Å²) in [6.07, 6.45) is -3.44. The van der Waals surface area contributed by atoms with E-state index in [2.05, 4.69) is 10.3 Å². The van der Waals surface area contributed by atoms with Gasteiger partial charge in [-0.3, -0.25) is 4.57 Å². The third-order valence-corrected chi connectivity index (χ3v) is 5.81. The third-order valence-electron chi connectivity index (χ3n) is 5.81. The van der Waals surface area contributed by atoms with Crippen molar-refractivity contribution in [1.82, 2.24) is 14.9 Å². The number of aliphatic hydroxyl groups excluding tert-OH is 1. The molecule has 1 aromatic heterocycles. The Balaban J connectivity index is 1.44. The summed E-state index contributed by atoms with van der Waals surface area (Å²) in [5.74, 6) is 0. The molecule has 30 heavy (non-hydrogen) atoms. The van der Waals surface area contributed by atoms with E-state index < -0.39 is 17.8 Å². The second-order valence-electron chi connectivity index (χ2n) is 7.97. The number of alkyl halides is 3. The van der Waals surface area contributed by atoms with E-state index in [0.717, 1.165) is 11.6 Å². The molecule has 0 saturated heterocycles. The third kappa shape index (κ3) is 4.02. The molecular formula is C22H24F3N3O2. The number of nitrogens with one attached hydrogen (secondary N) is 2. The lowest BCUT2D eigenvalue weighted by Gasteiger charge is -2.26. The predicted molar refractivity (Wildman–Crippen MR) is 108 cm³/mol. The lowest BCUT2D eigenvalue weighted by Crippen LogP contribution is -2.41. The first-order valence-electron chi connectivity index (χ1n) is 10.1. The number of H-pyrrole nitrogens is 1. The van der Waals surface area contributed by atoms with E-state index in [9.17, 15) is 23.1 Å². The molecule has 1 aliphatic heterocycles. The van der Waals surface area contributed by atoms with Crippen molar-refractivity contribution in [3.05, 3.63) is 69.6 Å². The van der Waals surface area contributed by atoms with Gasteiger partial charge in [0.05, 0.1) is 22.7 Å². The van der Waals surface area contributed by atoms with Gasteiger partial charge in [-0.25, -0.2) is 4.79 Å². The van der Waals surface area contributed by atoms with Crippen molar-refractivity contribution >= 4 is 11.0 Å². The highest BCUT2D eigenvalue weighted by Gasteiger charge is 2.31. The minimum absolute atomic E-state index is 0.0193. The van der Waals surface area contributed by atoms with Crippen LogP contribution < -0.4 is 11.0 Å². The van der Waals surface area contributed by atoms with E-state index in [0.29, 0.717) is 42.5 Å². The Morgan fingerprint density at radius 1 is 1.27 bits per heavy atom. The number of halogens is 3. The molecule has 3 N–H and O–H groups in total. The molecule has 1 aliphatic rings. The van der Waals surface area contributed by atoms with Gasteiger partial charge in [0.25, 0.3) is 0 Å². The van der Waals surface area contributed by atoms with Crippen molar-refractivity contribution < 1.29 is 18.3 Å². The van der Waals surface area contributed by atoms with Crippen LogP contribution >= 0.6 is 0 Å². The number of rotatable bonds is 5. The molecule has 0 radical (unpaired) electrons. The molecule has 3 aromatic rings. The fraction of sp³-hybridized carbons (Fsp3) is 0.409. The first-order valence-corrected chi connectivity index (χ1v) is 10.1. The van der Waals surface area contributed by atoms with Crippen LogP contribution in [0.25, 0.3) is 11.0 Å². The zero-order valence-electron chi connectivity index (χ0n) is 16.5. The maximum atomic E-state index is 12.9. The van der Waals surface area contributed by atoms with Gasteiger partial charge in [0.15, 0.2) is 0 Å². The number of aromatic amines is 1. The minimum atomic E-state index is -4.35. The Kier molecular flexibility index (Phi) is 5.46. The molecule has 0 bridgehead atoms. The maximum Gasteiger partial charge on any atom is 0.416 e. The van der Waals surface area contributed by atoms with Gasteiger partial charge in [0.2, 0.25) is 0 Å². The molecule has 0 fully saturated rings. The van der Waals surface area contributed by atoms with Crippen LogP contribution in [0.4, 0.5) is 13.2 Å². The summed E-state index contributed by atoms with van der Waals surface area (Å²) in [5, 5.41) is 14.4. The topological polar surface area (TPSA) is 70.0 Å². The average molecular weight is 419 g/mol. The van der Waals surface area contributed by atoms with Crippen molar-refractivity contribution in [1.29, 1.82) is 0 Å². The summed E-state index contributed by atoms with van der Waals surface area (Å²) in [4.78, 5) is 15.0.